The second-order valence-electron chi connectivity index (χ2n) is 5.39. The van der Waals surface area contributed by atoms with Crippen LogP contribution in [0, 0.1) is 5.92 Å². The van der Waals surface area contributed by atoms with E-state index in [0.717, 1.165) is 12.5 Å². The zero-order valence-electron chi connectivity index (χ0n) is 10.7. The van der Waals surface area contributed by atoms with Gasteiger partial charge in [-0.1, -0.05) is 39.0 Å². The van der Waals surface area contributed by atoms with Gasteiger partial charge in [0.05, 0.1) is 0 Å². The Morgan fingerprint density at radius 3 is 2.81 bits per heavy atom. The highest BCUT2D eigenvalue weighted by Crippen LogP contribution is 2.21. The Balaban J connectivity index is 2.15. The fraction of sp³-hybridized carbons (Fsp3) is 0.600. The van der Waals surface area contributed by atoms with E-state index in [1.807, 2.05) is 0 Å². The monoisotopic (exact) mass is 217 g/mol. The Morgan fingerprint density at radius 2 is 2.12 bits per heavy atom. The van der Waals surface area contributed by atoms with Crippen molar-refractivity contribution in [1.29, 1.82) is 0 Å². The lowest BCUT2D eigenvalue weighted by Crippen LogP contribution is -2.34. The highest BCUT2D eigenvalue weighted by Gasteiger charge is 2.16. The van der Waals surface area contributed by atoms with Gasteiger partial charge in [-0.15, -0.1) is 0 Å². The highest BCUT2D eigenvalue weighted by molar-refractivity contribution is 5.34. The van der Waals surface area contributed by atoms with Crippen molar-refractivity contribution in [2.75, 3.05) is 0 Å². The molecular weight excluding hydrogens is 194 g/mol. The van der Waals surface area contributed by atoms with Crippen LogP contribution in [0.3, 0.4) is 0 Å². The van der Waals surface area contributed by atoms with E-state index in [1.54, 1.807) is 5.56 Å². The van der Waals surface area contributed by atoms with Crippen molar-refractivity contribution < 1.29 is 0 Å². The molecule has 1 heteroatoms. The van der Waals surface area contributed by atoms with Crippen LogP contribution in [0.2, 0.25) is 0 Å². The normalized spacial score (nSPS) is 19.9. The maximum atomic E-state index is 3.61. The quantitative estimate of drug-likeness (QED) is 0.819. The first-order valence-electron chi connectivity index (χ1n) is 6.53. The third kappa shape index (κ3) is 2.65. The number of hydrogen-bond acceptors (Lipinski definition) is 1. The van der Waals surface area contributed by atoms with E-state index in [0.29, 0.717) is 6.04 Å². The summed E-state index contributed by atoms with van der Waals surface area (Å²) in [6.07, 6.45) is 3.63. The Hall–Kier alpha value is -0.820. The lowest BCUT2D eigenvalue weighted by atomic mass is 9.91. The van der Waals surface area contributed by atoms with Crippen LogP contribution in [-0.4, -0.2) is 6.04 Å². The van der Waals surface area contributed by atoms with Gasteiger partial charge in [-0.25, -0.2) is 0 Å². The largest absolute Gasteiger partial charge is 0.310 e. The molecule has 2 rings (SSSR count). The minimum Gasteiger partial charge on any atom is -0.310 e. The molecule has 0 radical (unpaired) electrons. The first-order valence-corrected chi connectivity index (χ1v) is 6.53. The number of nitrogens with one attached hydrogen (secondary N) is 1. The Kier molecular flexibility index (Phi) is 3.65. The van der Waals surface area contributed by atoms with Gasteiger partial charge in [0, 0.05) is 12.6 Å². The second kappa shape index (κ2) is 5.01. The number of fused-ring (bicyclic) bond motifs is 1. The topological polar surface area (TPSA) is 12.0 Å². The predicted octanol–water partition coefficient (Wildman–Crippen LogP) is 3.31. The molecule has 88 valence electrons. The standard InChI is InChI=1S/C15H23N/c1-4-15-9-13-6-5-12(7-11(2)3)8-14(13)10-16-15/h5-6,8,11,15-16H,4,7,9-10H2,1-3H3. The van der Waals surface area contributed by atoms with Gasteiger partial charge in [-0.2, -0.15) is 0 Å². The molecule has 0 aliphatic carbocycles. The van der Waals surface area contributed by atoms with Gasteiger partial charge in [0.25, 0.3) is 0 Å². The lowest BCUT2D eigenvalue weighted by molar-refractivity contribution is 0.467. The smallest absolute Gasteiger partial charge is 0.0211 e. The third-order valence-electron chi connectivity index (χ3n) is 3.45. The van der Waals surface area contributed by atoms with Crippen LogP contribution in [0.25, 0.3) is 0 Å². The fourth-order valence-corrected chi connectivity index (χ4v) is 2.52. The lowest BCUT2D eigenvalue weighted by Gasteiger charge is -2.25. The molecule has 0 bridgehead atoms. The molecule has 1 nitrogen and oxygen atoms in total. The molecule has 1 N–H and O–H groups in total. The zero-order valence-corrected chi connectivity index (χ0v) is 10.7. The summed E-state index contributed by atoms with van der Waals surface area (Å²) in [5, 5.41) is 3.61. The SMILES string of the molecule is CCC1Cc2ccc(CC(C)C)cc2CN1. The Labute approximate surface area is 99.3 Å². The van der Waals surface area contributed by atoms with Gasteiger partial charge in [-0.05, 0) is 41.9 Å². The summed E-state index contributed by atoms with van der Waals surface area (Å²) >= 11 is 0. The van der Waals surface area contributed by atoms with Crippen molar-refractivity contribution in [1.82, 2.24) is 5.32 Å². The summed E-state index contributed by atoms with van der Waals surface area (Å²) in [6.45, 7) is 7.88. The first-order chi connectivity index (χ1) is 7.69. The number of hydrogen-bond donors (Lipinski definition) is 1. The van der Waals surface area contributed by atoms with Crippen LogP contribution in [-0.2, 0) is 19.4 Å². The predicted molar refractivity (Wildman–Crippen MR) is 69.6 cm³/mol. The molecule has 1 heterocycles. The average molecular weight is 217 g/mol. The first kappa shape index (κ1) is 11.7. The second-order valence-corrected chi connectivity index (χ2v) is 5.39. The number of rotatable bonds is 3. The van der Waals surface area contributed by atoms with Crippen molar-refractivity contribution in [3.05, 3.63) is 34.9 Å². The molecule has 1 atom stereocenters. The van der Waals surface area contributed by atoms with E-state index < -0.39 is 0 Å². The summed E-state index contributed by atoms with van der Waals surface area (Å²) in [7, 11) is 0. The summed E-state index contributed by atoms with van der Waals surface area (Å²) < 4.78 is 0. The Morgan fingerprint density at radius 1 is 1.31 bits per heavy atom. The summed E-state index contributed by atoms with van der Waals surface area (Å²) in [4.78, 5) is 0. The van der Waals surface area contributed by atoms with Gasteiger partial charge in [0.15, 0.2) is 0 Å². The van der Waals surface area contributed by atoms with Crippen molar-refractivity contribution in [3.63, 3.8) is 0 Å². The minimum atomic E-state index is 0.684. The molecule has 1 aliphatic rings. The molecule has 1 unspecified atom stereocenters. The van der Waals surface area contributed by atoms with Crippen LogP contribution in [0.15, 0.2) is 18.2 Å². The molecule has 0 spiro atoms. The van der Waals surface area contributed by atoms with Crippen LogP contribution < -0.4 is 5.32 Å². The van der Waals surface area contributed by atoms with Crippen molar-refractivity contribution in [3.8, 4) is 0 Å². The maximum Gasteiger partial charge on any atom is 0.0211 e. The zero-order chi connectivity index (χ0) is 11.5. The highest BCUT2D eigenvalue weighted by atomic mass is 14.9. The maximum absolute atomic E-state index is 3.61. The van der Waals surface area contributed by atoms with Crippen molar-refractivity contribution in [2.45, 2.75) is 52.6 Å². The van der Waals surface area contributed by atoms with Crippen LogP contribution >= 0.6 is 0 Å². The summed E-state index contributed by atoms with van der Waals surface area (Å²) in [5.74, 6) is 0.748. The van der Waals surface area contributed by atoms with E-state index >= 15 is 0 Å². The van der Waals surface area contributed by atoms with E-state index in [-0.39, 0.29) is 0 Å². The van der Waals surface area contributed by atoms with Crippen LogP contribution in [0.4, 0.5) is 0 Å². The minimum absolute atomic E-state index is 0.684. The molecular formula is C15H23N. The fourth-order valence-electron chi connectivity index (χ4n) is 2.52. The summed E-state index contributed by atoms with van der Waals surface area (Å²) in [6, 6.07) is 7.74. The van der Waals surface area contributed by atoms with E-state index in [9.17, 15) is 0 Å². The van der Waals surface area contributed by atoms with Crippen LogP contribution in [0.5, 0.6) is 0 Å². The van der Waals surface area contributed by atoms with Gasteiger partial charge < -0.3 is 5.32 Å². The molecule has 0 saturated carbocycles. The third-order valence-corrected chi connectivity index (χ3v) is 3.45. The van der Waals surface area contributed by atoms with Gasteiger partial charge in [0.2, 0.25) is 0 Å². The molecule has 0 amide bonds. The summed E-state index contributed by atoms with van der Waals surface area (Å²) in [5.41, 5.74) is 4.56. The average Bonchev–Trinajstić information content (AvgIpc) is 2.27. The van der Waals surface area contributed by atoms with E-state index in [1.165, 1.54) is 30.4 Å². The van der Waals surface area contributed by atoms with Crippen LogP contribution in [0.1, 0.15) is 43.9 Å². The van der Waals surface area contributed by atoms with Gasteiger partial charge in [0.1, 0.15) is 0 Å². The molecule has 1 aromatic carbocycles. The van der Waals surface area contributed by atoms with E-state index in [2.05, 4.69) is 44.3 Å². The van der Waals surface area contributed by atoms with Crippen molar-refractivity contribution in [2.24, 2.45) is 5.92 Å². The molecule has 1 aliphatic heterocycles. The molecule has 0 saturated heterocycles. The molecule has 16 heavy (non-hydrogen) atoms. The molecule has 0 aromatic heterocycles. The van der Waals surface area contributed by atoms with Crippen molar-refractivity contribution >= 4 is 0 Å². The van der Waals surface area contributed by atoms with E-state index in [4.69, 9.17) is 0 Å². The molecule has 1 aromatic rings. The van der Waals surface area contributed by atoms with Gasteiger partial charge >= 0.3 is 0 Å². The Bertz CT molecular complexity index is 354. The van der Waals surface area contributed by atoms with Gasteiger partial charge in [-0.3, -0.25) is 0 Å². The molecule has 0 fully saturated rings. The number of benzene rings is 1.